The summed E-state index contributed by atoms with van der Waals surface area (Å²) in [5, 5.41) is 13.1. The molecule has 1 amide bonds. The maximum absolute atomic E-state index is 11.4. The number of carbonyl (C=O) groups is 1. The first-order valence-corrected chi connectivity index (χ1v) is 6.95. The number of carbonyl (C=O) groups excluding carboxylic acids is 1. The van der Waals surface area contributed by atoms with Gasteiger partial charge in [0.1, 0.15) is 5.75 Å². The number of anilines is 1. The molecule has 0 saturated heterocycles. The minimum atomic E-state index is -0.118. The number of benzene rings is 1. The van der Waals surface area contributed by atoms with Crippen molar-refractivity contribution in [1.82, 2.24) is 15.5 Å². The summed E-state index contributed by atoms with van der Waals surface area (Å²) in [6.07, 6.45) is 3.69. The Morgan fingerprint density at radius 2 is 2.10 bits per heavy atom. The van der Waals surface area contributed by atoms with E-state index in [0.717, 1.165) is 16.8 Å². The zero-order valence-electron chi connectivity index (χ0n) is 12.0. The Hall–Kier alpha value is -2.34. The van der Waals surface area contributed by atoms with E-state index in [1.807, 2.05) is 30.6 Å². The number of nitrogens with zero attached hydrogens (tertiary/aromatic N) is 1. The normalized spacial score (nSPS) is 16.6. The van der Waals surface area contributed by atoms with Gasteiger partial charge in [-0.15, -0.1) is 0 Å². The van der Waals surface area contributed by atoms with Gasteiger partial charge in [-0.1, -0.05) is 6.07 Å². The van der Waals surface area contributed by atoms with Crippen LogP contribution in [0.2, 0.25) is 0 Å². The summed E-state index contributed by atoms with van der Waals surface area (Å²) in [6, 6.07) is 6.17. The Morgan fingerprint density at radius 3 is 2.86 bits per heavy atom. The molecule has 1 aliphatic heterocycles. The van der Waals surface area contributed by atoms with E-state index in [4.69, 9.17) is 4.74 Å². The van der Waals surface area contributed by atoms with Gasteiger partial charge in [0.25, 0.3) is 5.91 Å². The molecule has 0 radical (unpaired) electrons. The first-order valence-electron chi connectivity index (χ1n) is 6.95. The van der Waals surface area contributed by atoms with Crippen molar-refractivity contribution in [2.45, 2.75) is 25.9 Å². The van der Waals surface area contributed by atoms with Gasteiger partial charge in [0, 0.05) is 23.8 Å². The predicted octanol–water partition coefficient (Wildman–Crippen LogP) is 2.15. The van der Waals surface area contributed by atoms with Crippen molar-refractivity contribution in [3.8, 4) is 5.75 Å². The second-order valence-electron chi connectivity index (χ2n) is 5.23. The van der Waals surface area contributed by atoms with E-state index >= 15 is 0 Å². The molecule has 1 aromatic carbocycles. The smallest absolute Gasteiger partial charge is 0.262 e. The monoisotopic (exact) mass is 286 g/mol. The number of ether oxygens (including phenoxy) is 1. The van der Waals surface area contributed by atoms with E-state index in [-0.39, 0.29) is 24.6 Å². The first-order chi connectivity index (χ1) is 10.1. The van der Waals surface area contributed by atoms with E-state index in [1.54, 1.807) is 0 Å². The van der Waals surface area contributed by atoms with Crippen molar-refractivity contribution in [1.29, 1.82) is 0 Å². The minimum Gasteiger partial charge on any atom is -0.482 e. The Kier molecular flexibility index (Phi) is 3.62. The van der Waals surface area contributed by atoms with Gasteiger partial charge in [-0.3, -0.25) is 9.89 Å². The fourth-order valence-electron chi connectivity index (χ4n) is 2.44. The van der Waals surface area contributed by atoms with E-state index < -0.39 is 0 Å². The van der Waals surface area contributed by atoms with Crippen LogP contribution in [0.4, 0.5) is 5.69 Å². The van der Waals surface area contributed by atoms with Crippen LogP contribution in [0.3, 0.4) is 0 Å². The summed E-state index contributed by atoms with van der Waals surface area (Å²) >= 11 is 0. The number of nitrogens with one attached hydrogen (secondary N) is 3. The Morgan fingerprint density at radius 1 is 1.29 bits per heavy atom. The summed E-state index contributed by atoms with van der Waals surface area (Å²) < 4.78 is 5.37. The number of H-pyrrole nitrogens is 1. The van der Waals surface area contributed by atoms with Gasteiger partial charge >= 0.3 is 0 Å². The van der Waals surface area contributed by atoms with E-state index in [1.165, 1.54) is 0 Å². The van der Waals surface area contributed by atoms with Gasteiger partial charge in [-0.2, -0.15) is 5.10 Å². The number of aromatic nitrogens is 2. The molecule has 1 aromatic heterocycles. The van der Waals surface area contributed by atoms with Crippen LogP contribution in [0.15, 0.2) is 30.6 Å². The molecule has 0 saturated carbocycles. The second-order valence-corrected chi connectivity index (χ2v) is 5.23. The quantitative estimate of drug-likeness (QED) is 0.804. The summed E-state index contributed by atoms with van der Waals surface area (Å²) in [4.78, 5) is 11.4. The van der Waals surface area contributed by atoms with Gasteiger partial charge in [-0.05, 0) is 31.5 Å². The highest BCUT2D eigenvalue weighted by Crippen LogP contribution is 2.31. The summed E-state index contributed by atoms with van der Waals surface area (Å²) in [5.74, 6) is 0.598. The molecule has 0 fully saturated rings. The van der Waals surface area contributed by atoms with Gasteiger partial charge in [0.2, 0.25) is 0 Å². The summed E-state index contributed by atoms with van der Waals surface area (Å²) in [7, 11) is 0. The lowest BCUT2D eigenvalue weighted by Crippen LogP contribution is -2.26. The molecule has 6 nitrogen and oxygen atoms in total. The maximum Gasteiger partial charge on any atom is 0.262 e. The molecular formula is C15H18N4O2. The third-order valence-electron chi connectivity index (χ3n) is 3.66. The summed E-state index contributed by atoms with van der Waals surface area (Å²) in [6.45, 7) is 4.26. The molecule has 2 atom stereocenters. The largest absolute Gasteiger partial charge is 0.482 e. The van der Waals surface area contributed by atoms with Gasteiger partial charge in [0.15, 0.2) is 6.61 Å². The van der Waals surface area contributed by atoms with E-state index in [9.17, 15) is 4.79 Å². The Labute approximate surface area is 122 Å². The molecule has 6 heteroatoms. The minimum absolute atomic E-state index is 0.0810. The van der Waals surface area contributed by atoms with Crippen LogP contribution in [-0.4, -0.2) is 22.7 Å². The van der Waals surface area contributed by atoms with Crippen LogP contribution in [0.1, 0.15) is 37.1 Å². The van der Waals surface area contributed by atoms with Crippen LogP contribution in [0, 0.1) is 0 Å². The zero-order valence-corrected chi connectivity index (χ0v) is 12.0. The first kappa shape index (κ1) is 13.6. The third kappa shape index (κ3) is 2.90. The van der Waals surface area contributed by atoms with Crippen LogP contribution in [0.5, 0.6) is 5.75 Å². The molecule has 21 heavy (non-hydrogen) atoms. The van der Waals surface area contributed by atoms with Crippen molar-refractivity contribution < 1.29 is 9.53 Å². The van der Waals surface area contributed by atoms with Gasteiger partial charge in [0.05, 0.1) is 11.9 Å². The van der Waals surface area contributed by atoms with Crippen molar-refractivity contribution in [2.75, 3.05) is 11.9 Å². The zero-order chi connectivity index (χ0) is 14.8. The van der Waals surface area contributed by atoms with Gasteiger partial charge < -0.3 is 15.4 Å². The number of hydrogen-bond acceptors (Lipinski definition) is 4. The average Bonchev–Trinajstić information content (AvgIpc) is 3.00. The topological polar surface area (TPSA) is 79.0 Å². The molecule has 0 aliphatic carbocycles. The SMILES string of the molecule is CC(NC(C)c1ccc2c(c1)NC(=O)CO2)c1cn[nH]c1. The highest BCUT2D eigenvalue weighted by Gasteiger charge is 2.18. The fourth-order valence-corrected chi connectivity index (χ4v) is 2.44. The number of hydrogen-bond donors (Lipinski definition) is 3. The fraction of sp³-hybridized carbons (Fsp3) is 0.333. The molecule has 2 heterocycles. The second kappa shape index (κ2) is 5.57. The highest BCUT2D eigenvalue weighted by molar-refractivity contribution is 5.95. The lowest BCUT2D eigenvalue weighted by Gasteiger charge is -2.23. The van der Waals surface area contributed by atoms with Crippen molar-refractivity contribution in [3.63, 3.8) is 0 Å². The average molecular weight is 286 g/mol. The third-order valence-corrected chi connectivity index (χ3v) is 3.66. The van der Waals surface area contributed by atoms with Crippen LogP contribution in [0.25, 0.3) is 0 Å². The van der Waals surface area contributed by atoms with E-state index in [0.29, 0.717) is 5.75 Å². The van der Waals surface area contributed by atoms with Crippen molar-refractivity contribution in [3.05, 3.63) is 41.7 Å². The standard InChI is InChI=1S/C15H18N4O2/c1-9(18-10(2)12-6-16-17-7-12)11-3-4-14-13(5-11)19-15(20)8-21-14/h3-7,9-10,18H,8H2,1-2H3,(H,16,17)(H,19,20). The molecule has 2 unspecified atom stereocenters. The van der Waals surface area contributed by atoms with E-state index in [2.05, 4.69) is 34.7 Å². The molecule has 3 rings (SSSR count). The van der Waals surface area contributed by atoms with Crippen LogP contribution < -0.4 is 15.4 Å². The number of fused-ring (bicyclic) bond motifs is 1. The van der Waals surface area contributed by atoms with Crippen LogP contribution >= 0.6 is 0 Å². The molecule has 0 bridgehead atoms. The Balaban J connectivity index is 1.74. The lowest BCUT2D eigenvalue weighted by atomic mass is 10.0. The maximum atomic E-state index is 11.4. The highest BCUT2D eigenvalue weighted by atomic mass is 16.5. The molecule has 0 spiro atoms. The Bertz CT molecular complexity index is 639. The lowest BCUT2D eigenvalue weighted by molar-refractivity contribution is -0.118. The molecule has 2 aromatic rings. The number of amides is 1. The molecular weight excluding hydrogens is 268 g/mol. The van der Waals surface area contributed by atoms with Crippen LogP contribution in [-0.2, 0) is 4.79 Å². The van der Waals surface area contributed by atoms with Gasteiger partial charge in [-0.25, -0.2) is 0 Å². The molecule has 1 aliphatic rings. The van der Waals surface area contributed by atoms with Crippen molar-refractivity contribution in [2.24, 2.45) is 0 Å². The predicted molar refractivity (Wildman–Crippen MR) is 79.1 cm³/mol. The number of aromatic amines is 1. The molecule has 3 N–H and O–H groups in total. The summed E-state index contributed by atoms with van der Waals surface area (Å²) in [5.41, 5.74) is 2.93. The van der Waals surface area contributed by atoms with Crippen molar-refractivity contribution >= 4 is 11.6 Å². The molecule has 110 valence electrons. The number of rotatable bonds is 4.